The number of carbonyl (C=O) groups is 1. The third kappa shape index (κ3) is 2.95. The highest BCUT2D eigenvalue weighted by Gasteiger charge is 2.23. The summed E-state index contributed by atoms with van der Waals surface area (Å²) in [6.45, 7) is 5.98. The van der Waals surface area contributed by atoms with E-state index in [0.29, 0.717) is 17.2 Å². The summed E-state index contributed by atoms with van der Waals surface area (Å²) in [5.41, 5.74) is 1.34. The van der Waals surface area contributed by atoms with Crippen molar-refractivity contribution in [1.29, 1.82) is 0 Å². The summed E-state index contributed by atoms with van der Waals surface area (Å²) in [7, 11) is 1.56. The smallest absolute Gasteiger partial charge is 0.277 e. The Morgan fingerprint density at radius 1 is 1.25 bits per heavy atom. The average Bonchev–Trinajstić information content (AvgIpc) is 3.05. The van der Waals surface area contributed by atoms with E-state index < -0.39 is 0 Å². The molecular weight excluding hydrogens is 306 g/mol. The van der Waals surface area contributed by atoms with Crippen LogP contribution >= 0.6 is 0 Å². The molecule has 0 unspecified atom stereocenters. The molecule has 0 saturated heterocycles. The summed E-state index contributed by atoms with van der Waals surface area (Å²) < 4.78 is 10.6. The van der Waals surface area contributed by atoms with Crippen molar-refractivity contribution in [3.63, 3.8) is 0 Å². The van der Waals surface area contributed by atoms with Crippen LogP contribution in [0.5, 0.6) is 5.75 Å². The zero-order chi connectivity index (χ0) is 17.3. The van der Waals surface area contributed by atoms with Crippen LogP contribution in [0.2, 0.25) is 0 Å². The molecule has 0 saturated carbocycles. The molecule has 3 rings (SSSR count). The zero-order valence-electron chi connectivity index (χ0n) is 14.1. The Bertz CT molecular complexity index is 894. The Morgan fingerprint density at radius 3 is 2.71 bits per heavy atom. The Hall–Kier alpha value is -2.89. The molecule has 0 fully saturated rings. The number of methoxy groups -OCH3 is 1. The van der Waals surface area contributed by atoms with Crippen molar-refractivity contribution in [2.75, 3.05) is 12.4 Å². The fourth-order valence-corrected chi connectivity index (χ4v) is 2.34. The molecule has 0 aliphatic carbocycles. The first-order chi connectivity index (χ1) is 11.4. The van der Waals surface area contributed by atoms with Gasteiger partial charge in [0.2, 0.25) is 0 Å². The molecule has 6 heteroatoms. The third-order valence-corrected chi connectivity index (χ3v) is 3.69. The van der Waals surface area contributed by atoms with Gasteiger partial charge >= 0.3 is 0 Å². The number of amides is 1. The van der Waals surface area contributed by atoms with Crippen molar-refractivity contribution in [2.24, 2.45) is 0 Å². The lowest BCUT2D eigenvalue weighted by Gasteiger charge is -2.12. The molecule has 0 spiro atoms. The van der Waals surface area contributed by atoms with Gasteiger partial charge in [-0.05, 0) is 24.3 Å². The van der Waals surface area contributed by atoms with Gasteiger partial charge in [0.25, 0.3) is 5.91 Å². The predicted molar refractivity (Wildman–Crippen MR) is 91.5 cm³/mol. The van der Waals surface area contributed by atoms with Gasteiger partial charge in [-0.2, -0.15) is 0 Å². The Balaban J connectivity index is 1.97. The minimum absolute atomic E-state index is 0.216. The molecule has 1 N–H and O–H groups in total. The number of anilines is 1. The molecule has 3 aromatic rings. The number of ether oxygens (including phenoxy) is 1. The van der Waals surface area contributed by atoms with E-state index in [2.05, 4.69) is 15.5 Å². The molecule has 124 valence electrons. The lowest BCUT2D eigenvalue weighted by atomic mass is 9.93. The van der Waals surface area contributed by atoms with Gasteiger partial charge in [0.05, 0.1) is 18.3 Å². The van der Waals surface area contributed by atoms with Gasteiger partial charge in [-0.3, -0.25) is 9.78 Å². The molecule has 6 nitrogen and oxygen atoms in total. The fourth-order valence-electron chi connectivity index (χ4n) is 2.34. The van der Waals surface area contributed by atoms with E-state index in [1.54, 1.807) is 25.4 Å². The van der Waals surface area contributed by atoms with Crippen molar-refractivity contribution in [3.8, 4) is 5.75 Å². The number of nitrogens with one attached hydrogen (secondary N) is 1. The Morgan fingerprint density at radius 2 is 2.04 bits per heavy atom. The lowest BCUT2D eigenvalue weighted by molar-refractivity contribution is 0.101. The van der Waals surface area contributed by atoms with Crippen LogP contribution in [0.3, 0.4) is 0 Å². The van der Waals surface area contributed by atoms with Crippen LogP contribution in [0.1, 0.15) is 37.0 Å². The van der Waals surface area contributed by atoms with Gasteiger partial charge in [-0.15, -0.1) is 0 Å². The first kappa shape index (κ1) is 16.0. The maximum atomic E-state index is 12.6. The second-order valence-corrected chi connectivity index (χ2v) is 6.49. The summed E-state index contributed by atoms with van der Waals surface area (Å²) in [6.07, 6.45) is 1.70. The van der Waals surface area contributed by atoms with Crippen LogP contribution in [0.25, 0.3) is 10.9 Å². The molecular formula is C18H19N3O3. The SMILES string of the molecule is COc1ccc2ncccc2c1NC(=O)c1cc(C(C)(C)C)on1. The minimum Gasteiger partial charge on any atom is -0.495 e. The molecule has 0 aliphatic heterocycles. The van der Waals surface area contributed by atoms with Crippen LogP contribution in [-0.4, -0.2) is 23.2 Å². The highest BCUT2D eigenvalue weighted by molar-refractivity contribution is 6.09. The normalized spacial score (nSPS) is 11.5. The molecule has 1 amide bonds. The number of hydrogen-bond acceptors (Lipinski definition) is 5. The number of pyridine rings is 1. The molecule has 2 heterocycles. The molecule has 0 bridgehead atoms. The molecule has 0 radical (unpaired) electrons. The van der Waals surface area contributed by atoms with Crippen LogP contribution < -0.4 is 10.1 Å². The summed E-state index contributed by atoms with van der Waals surface area (Å²) in [4.78, 5) is 16.8. The van der Waals surface area contributed by atoms with Crippen LogP contribution in [0.4, 0.5) is 5.69 Å². The van der Waals surface area contributed by atoms with Crippen molar-refractivity contribution < 1.29 is 14.1 Å². The average molecular weight is 325 g/mol. The largest absolute Gasteiger partial charge is 0.495 e. The van der Waals surface area contributed by atoms with Crippen LogP contribution in [0.15, 0.2) is 41.1 Å². The standard InChI is InChI=1S/C18H19N3O3/c1-18(2,3)15-10-13(21-24-15)17(22)20-16-11-6-5-9-19-12(11)7-8-14(16)23-4/h5-10H,1-4H3,(H,20,22). The van der Waals surface area contributed by atoms with Gasteiger partial charge in [0.15, 0.2) is 5.69 Å². The summed E-state index contributed by atoms with van der Waals surface area (Å²) in [5, 5.41) is 7.53. The number of fused-ring (bicyclic) bond motifs is 1. The maximum Gasteiger partial charge on any atom is 0.277 e. The lowest BCUT2D eigenvalue weighted by Crippen LogP contribution is -2.14. The van der Waals surface area contributed by atoms with E-state index in [-0.39, 0.29) is 17.0 Å². The van der Waals surface area contributed by atoms with E-state index in [1.807, 2.05) is 39.0 Å². The van der Waals surface area contributed by atoms with Crippen molar-refractivity contribution in [1.82, 2.24) is 10.1 Å². The van der Waals surface area contributed by atoms with Gasteiger partial charge in [-0.1, -0.05) is 25.9 Å². The van der Waals surface area contributed by atoms with Gasteiger partial charge in [-0.25, -0.2) is 0 Å². The second kappa shape index (κ2) is 5.96. The number of nitrogens with zero attached hydrogens (tertiary/aromatic N) is 2. The van der Waals surface area contributed by atoms with Crippen molar-refractivity contribution in [2.45, 2.75) is 26.2 Å². The Labute approximate surface area is 139 Å². The number of hydrogen-bond donors (Lipinski definition) is 1. The monoisotopic (exact) mass is 325 g/mol. The molecule has 0 atom stereocenters. The van der Waals surface area contributed by atoms with Gasteiger partial charge < -0.3 is 14.6 Å². The first-order valence-electron chi connectivity index (χ1n) is 7.60. The summed E-state index contributed by atoms with van der Waals surface area (Å²) >= 11 is 0. The molecule has 24 heavy (non-hydrogen) atoms. The second-order valence-electron chi connectivity index (χ2n) is 6.49. The van der Waals surface area contributed by atoms with Gasteiger partial charge in [0.1, 0.15) is 11.5 Å². The van der Waals surface area contributed by atoms with Crippen molar-refractivity contribution >= 4 is 22.5 Å². The highest BCUT2D eigenvalue weighted by Crippen LogP contribution is 2.32. The minimum atomic E-state index is -0.357. The summed E-state index contributed by atoms with van der Waals surface area (Å²) in [5.74, 6) is 0.853. The van der Waals surface area contributed by atoms with E-state index in [1.165, 1.54) is 0 Å². The fraction of sp³-hybridized carbons (Fsp3) is 0.278. The molecule has 0 aliphatic rings. The third-order valence-electron chi connectivity index (χ3n) is 3.69. The Kier molecular flexibility index (Phi) is 3.97. The van der Waals surface area contributed by atoms with Crippen molar-refractivity contribution in [3.05, 3.63) is 48.0 Å². The van der Waals surface area contributed by atoms with Gasteiger partial charge in [0, 0.05) is 23.1 Å². The van der Waals surface area contributed by atoms with Crippen LogP contribution in [-0.2, 0) is 5.41 Å². The number of aromatic nitrogens is 2. The highest BCUT2D eigenvalue weighted by atomic mass is 16.5. The topological polar surface area (TPSA) is 77.2 Å². The number of rotatable bonds is 3. The van der Waals surface area contributed by atoms with Crippen LogP contribution in [0, 0.1) is 0 Å². The molecule has 2 aromatic heterocycles. The van der Waals surface area contributed by atoms with E-state index in [9.17, 15) is 4.79 Å². The molecule has 1 aromatic carbocycles. The number of benzene rings is 1. The summed E-state index contributed by atoms with van der Waals surface area (Å²) in [6, 6.07) is 8.96. The van der Waals surface area contributed by atoms with E-state index in [0.717, 1.165) is 10.9 Å². The maximum absolute atomic E-state index is 12.6. The quantitative estimate of drug-likeness (QED) is 0.793. The number of carbonyl (C=O) groups excluding carboxylic acids is 1. The van der Waals surface area contributed by atoms with E-state index in [4.69, 9.17) is 9.26 Å². The first-order valence-corrected chi connectivity index (χ1v) is 7.60. The van der Waals surface area contributed by atoms with E-state index >= 15 is 0 Å². The zero-order valence-corrected chi connectivity index (χ0v) is 14.1. The predicted octanol–water partition coefficient (Wildman–Crippen LogP) is 3.78.